The van der Waals surface area contributed by atoms with Crippen molar-refractivity contribution in [2.24, 2.45) is 0 Å². The predicted molar refractivity (Wildman–Crippen MR) is 83.0 cm³/mol. The molecule has 102 valence electrons. The van der Waals surface area contributed by atoms with Gasteiger partial charge in [-0.2, -0.15) is 0 Å². The van der Waals surface area contributed by atoms with Crippen LogP contribution < -0.4 is 0 Å². The summed E-state index contributed by atoms with van der Waals surface area (Å²) >= 11 is 9.65. The van der Waals surface area contributed by atoms with E-state index >= 15 is 0 Å². The highest BCUT2D eigenvalue weighted by Gasteiger charge is 2.16. The van der Waals surface area contributed by atoms with Gasteiger partial charge >= 0.3 is 0 Å². The molecule has 0 saturated heterocycles. The highest BCUT2D eigenvalue weighted by molar-refractivity contribution is 9.10. The van der Waals surface area contributed by atoms with Crippen molar-refractivity contribution >= 4 is 38.6 Å². The van der Waals surface area contributed by atoms with Gasteiger partial charge in [-0.3, -0.25) is 4.57 Å². The molecule has 0 fully saturated rings. The van der Waals surface area contributed by atoms with E-state index in [0.29, 0.717) is 5.82 Å². The Hall–Kier alpha value is -1.39. The Balaban J connectivity index is 2.34. The largest absolute Gasteiger partial charge is 0.295 e. The van der Waals surface area contributed by atoms with Gasteiger partial charge in [-0.25, -0.2) is 9.37 Å². The lowest BCUT2D eigenvalue weighted by atomic mass is 10.2. The van der Waals surface area contributed by atoms with Gasteiger partial charge in [-0.05, 0) is 43.3 Å². The van der Waals surface area contributed by atoms with Gasteiger partial charge in [0.05, 0.1) is 22.1 Å². The van der Waals surface area contributed by atoms with Crippen molar-refractivity contribution in [1.82, 2.24) is 9.55 Å². The number of imidazole rings is 1. The Kier molecular flexibility index (Phi) is 3.52. The molecule has 3 aromatic rings. The molecule has 0 amide bonds. The topological polar surface area (TPSA) is 17.8 Å². The Bertz CT molecular complexity index is 783. The molecule has 2 nitrogen and oxygen atoms in total. The molecule has 20 heavy (non-hydrogen) atoms. The minimum absolute atomic E-state index is 0.274. The first-order chi connectivity index (χ1) is 9.56. The monoisotopic (exact) mass is 352 g/mol. The zero-order valence-corrected chi connectivity index (χ0v) is 13.0. The number of alkyl halides is 1. The molecule has 0 radical (unpaired) electrons. The van der Waals surface area contributed by atoms with Crippen LogP contribution in [0.25, 0.3) is 16.7 Å². The number of halogens is 3. The molecule has 1 aromatic heterocycles. The first-order valence-corrected chi connectivity index (χ1v) is 7.37. The minimum atomic E-state index is -0.283. The normalized spacial score (nSPS) is 12.8. The molecular weight excluding hydrogens is 343 g/mol. The molecule has 0 aliphatic heterocycles. The second-order valence-electron chi connectivity index (χ2n) is 4.53. The third-order valence-electron chi connectivity index (χ3n) is 3.06. The lowest BCUT2D eigenvalue weighted by molar-refractivity contribution is 0.626. The van der Waals surface area contributed by atoms with Gasteiger partial charge in [-0.1, -0.05) is 22.0 Å². The van der Waals surface area contributed by atoms with Crippen LogP contribution in [0.2, 0.25) is 0 Å². The Morgan fingerprint density at radius 2 is 2.05 bits per heavy atom. The zero-order chi connectivity index (χ0) is 14.3. The van der Waals surface area contributed by atoms with E-state index in [4.69, 9.17) is 11.6 Å². The van der Waals surface area contributed by atoms with Gasteiger partial charge < -0.3 is 0 Å². The molecular formula is C15H11BrClFN2. The first-order valence-electron chi connectivity index (χ1n) is 6.14. The van der Waals surface area contributed by atoms with Crippen molar-refractivity contribution in [2.45, 2.75) is 12.3 Å². The van der Waals surface area contributed by atoms with Crippen molar-refractivity contribution in [3.63, 3.8) is 0 Å². The van der Waals surface area contributed by atoms with Crippen molar-refractivity contribution < 1.29 is 4.39 Å². The lowest BCUT2D eigenvalue weighted by Gasteiger charge is -2.10. The Morgan fingerprint density at radius 1 is 1.25 bits per heavy atom. The van der Waals surface area contributed by atoms with Crippen LogP contribution in [0.15, 0.2) is 46.9 Å². The molecule has 3 rings (SSSR count). The summed E-state index contributed by atoms with van der Waals surface area (Å²) in [7, 11) is 0. The maximum absolute atomic E-state index is 13.5. The number of hydrogen-bond acceptors (Lipinski definition) is 1. The number of fused-ring (bicyclic) bond motifs is 1. The number of hydrogen-bond donors (Lipinski definition) is 0. The molecule has 2 aromatic carbocycles. The molecule has 1 heterocycles. The number of aromatic nitrogens is 2. The maximum Gasteiger partial charge on any atom is 0.132 e. The second-order valence-corrected chi connectivity index (χ2v) is 6.10. The van der Waals surface area contributed by atoms with E-state index in [1.165, 1.54) is 12.1 Å². The van der Waals surface area contributed by atoms with Gasteiger partial charge in [0.1, 0.15) is 11.6 Å². The zero-order valence-electron chi connectivity index (χ0n) is 10.6. The predicted octanol–water partition coefficient (Wildman–Crippen LogP) is 5.23. The van der Waals surface area contributed by atoms with Crippen LogP contribution in [0, 0.1) is 5.82 Å². The van der Waals surface area contributed by atoms with E-state index in [9.17, 15) is 4.39 Å². The van der Waals surface area contributed by atoms with Gasteiger partial charge in [0, 0.05) is 4.47 Å². The minimum Gasteiger partial charge on any atom is -0.295 e. The summed E-state index contributed by atoms with van der Waals surface area (Å²) in [6, 6.07) is 12.2. The first kappa shape index (κ1) is 13.6. The summed E-state index contributed by atoms with van der Waals surface area (Å²) in [5, 5.41) is -0.274. The van der Waals surface area contributed by atoms with Gasteiger partial charge in [0.15, 0.2) is 0 Å². The van der Waals surface area contributed by atoms with Crippen molar-refractivity contribution in [2.75, 3.05) is 0 Å². The van der Waals surface area contributed by atoms with E-state index < -0.39 is 0 Å². The highest BCUT2D eigenvalue weighted by Crippen LogP contribution is 2.29. The van der Waals surface area contributed by atoms with Crippen LogP contribution in [0.1, 0.15) is 18.1 Å². The Labute approximate surface area is 129 Å². The van der Waals surface area contributed by atoms with Crippen LogP contribution in [0.5, 0.6) is 0 Å². The van der Waals surface area contributed by atoms with Crippen LogP contribution in [0.4, 0.5) is 4.39 Å². The van der Waals surface area contributed by atoms with E-state index in [1.807, 2.05) is 35.8 Å². The Morgan fingerprint density at radius 3 is 2.75 bits per heavy atom. The summed E-state index contributed by atoms with van der Waals surface area (Å²) < 4.78 is 16.3. The molecule has 0 bridgehead atoms. The van der Waals surface area contributed by atoms with Crippen molar-refractivity contribution in [3.8, 4) is 5.69 Å². The smallest absolute Gasteiger partial charge is 0.132 e. The van der Waals surface area contributed by atoms with Crippen molar-refractivity contribution in [1.29, 1.82) is 0 Å². The van der Waals surface area contributed by atoms with E-state index in [1.54, 1.807) is 6.07 Å². The summed E-state index contributed by atoms with van der Waals surface area (Å²) in [4.78, 5) is 4.56. The second kappa shape index (κ2) is 5.19. The highest BCUT2D eigenvalue weighted by atomic mass is 79.9. The molecule has 0 spiro atoms. The molecule has 1 atom stereocenters. The number of nitrogens with zero attached hydrogens (tertiary/aromatic N) is 2. The molecule has 0 aliphatic rings. The van der Waals surface area contributed by atoms with Crippen LogP contribution in [0.3, 0.4) is 0 Å². The average Bonchev–Trinajstić information content (AvgIpc) is 2.77. The van der Waals surface area contributed by atoms with Crippen LogP contribution in [-0.4, -0.2) is 9.55 Å². The summed E-state index contributed by atoms with van der Waals surface area (Å²) in [6.45, 7) is 1.85. The molecule has 5 heteroatoms. The molecule has 0 saturated carbocycles. The quantitative estimate of drug-likeness (QED) is 0.577. The molecule has 1 unspecified atom stereocenters. The van der Waals surface area contributed by atoms with Crippen LogP contribution >= 0.6 is 27.5 Å². The lowest BCUT2D eigenvalue weighted by Crippen LogP contribution is -2.02. The number of rotatable bonds is 2. The van der Waals surface area contributed by atoms with Crippen molar-refractivity contribution in [3.05, 3.63) is 58.6 Å². The maximum atomic E-state index is 13.5. The SMILES string of the molecule is CC(Cl)c1nc2cc(Br)ccc2n1-c1cccc(F)c1. The van der Waals surface area contributed by atoms with Gasteiger partial charge in [0.2, 0.25) is 0 Å². The molecule has 0 N–H and O–H groups in total. The fraction of sp³-hybridized carbons (Fsp3) is 0.133. The summed E-state index contributed by atoms with van der Waals surface area (Å²) in [5.74, 6) is 0.417. The fourth-order valence-corrected chi connectivity index (χ4v) is 2.72. The third kappa shape index (κ3) is 2.34. The standard InChI is InChI=1S/C15H11BrClFN2/c1-9(17)15-19-13-7-10(16)5-6-14(13)20(15)12-4-2-3-11(18)8-12/h2-9H,1H3. The third-order valence-corrected chi connectivity index (χ3v) is 3.75. The van der Waals surface area contributed by atoms with Gasteiger partial charge in [-0.15, -0.1) is 11.6 Å². The summed E-state index contributed by atoms with van der Waals surface area (Å²) in [5.41, 5.74) is 2.45. The van der Waals surface area contributed by atoms with Gasteiger partial charge in [0.25, 0.3) is 0 Å². The average molecular weight is 354 g/mol. The van der Waals surface area contributed by atoms with Crippen LogP contribution in [-0.2, 0) is 0 Å². The molecule has 0 aliphatic carbocycles. The summed E-state index contributed by atoms with van der Waals surface area (Å²) in [6.07, 6.45) is 0. The fourth-order valence-electron chi connectivity index (χ4n) is 2.23. The van der Waals surface area contributed by atoms with E-state index in [0.717, 1.165) is 21.2 Å². The number of benzene rings is 2. The van der Waals surface area contributed by atoms with E-state index in [-0.39, 0.29) is 11.2 Å². The van der Waals surface area contributed by atoms with E-state index in [2.05, 4.69) is 20.9 Å².